The lowest BCUT2D eigenvalue weighted by molar-refractivity contribution is -0.131. The van der Waals surface area contributed by atoms with Gasteiger partial charge >= 0.3 is 0 Å². The topological polar surface area (TPSA) is 71.5 Å². The molecule has 1 aliphatic rings. The van der Waals surface area contributed by atoms with Crippen LogP contribution >= 0.6 is 0 Å². The van der Waals surface area contributed by atoms with Crippen molar-refractivity contribution < 1.29 is 18.7 Å². The number of nitrogens with one attached hydrogen (secondary N) is 1. The number of amides is 2. The van der Waals surface area contributed by atoms with E-state index in [4.69, 9.17) is 4.74 Å². The first-order chi connectivity index (χ1) is 16.5. The maximum Gasteiger partial charge on any atom is 0.261 e. The van der Waals surface area contributed by atoms with Crippen molar-refractivity contribution in [1.29, 1.82) is 0 Å². The molecule has 2 amide bonds. The van der Waals surface area contributed by atoms with Gasteiger partial charge in [0.2, 0.25) is 5.91 Å². The average Bonchev–Trinajstić information content (AvgIpc) is 2.85. The van der Waals surface area contributed by atoms with Crippen LogP contribution in [-0.2, 0) is 22.6 Å². The fraction of sp³-hybridized carbons (Fsp3) is 0.296. The van der Waals surface area contributed by atoms with Crippen molar-refractivity contribution in [3.8, 4) is 5.75 Å². The Bertz CT molecular complexity index is 1170. The number of carbonyl (C=O) groups is 2. The van der Waals surface area contributed by atoms with E-state index in [1.807, 2.05) is 43.3 Å². The Labute approximate surface area is 198 Å². The van der Waals surface area contributed by atoms with Gasteiger partial charge in [-0.3, -0.25) is 14.6 Å². The molecule has 2 aromatic carbocycles. The second-order valence-corrected chi connectivity index (χ2v) is 8.37. The third-order valence-electron chi connectivity index (χ3n) is 6.05. The predicted octanol–water partition coefficient (Wildman–Crippen LogP) is 4.19. The minimum atomic E-state index is -0.671. The van der Waals surface area contributed by atoms with Gasteiger partial charge in [-0.25, -0.2) is 4.39 Å². The molecule has 1 aliphatic heterocycles. The first kappa shape index (κ1) is 23.4. The second-order valence-electron chi connectivity index (χ2n) is 8.37. The first-order valence-corrected chi connectivity index (χ1v) is 11.4. The molecule has 4 rings (SSSR count). The zero-order valence-electron chi connectivity index (χ0n) is 19.3. The first-order valence-electron chi connectivity index (χ1n) is 11.4. The van der Waals surface area contributed by atoms with Crippen LogP contribution in [0.3, 0.4) is 0 Å². The Kier molecular flexibility index (Phi) is 7.21. The molecule has 0 saturated carbocycles. The second kappa shape index (κ2) is 10.5. The summed E-state index contributed by atoms with van der Waals surface area (Å²) in [4.78, 5) is 31.0. The molecule has 0 bridgehead atoms. The molecule has 0 saturated heterocycles. The molecule has 7 heteroatoms. The SMILES string of the molecule is CCC(Oc1ccc2c(c1)C(c1cccc(F)c1)N(C(C)=O)CC2)C(=O)NCc1cccnc1. The highest BCUT2D eigenvalue weighted by atomic mass is 19.1. The largest absolute Gasteiger partial charge is 0.481 e. The van der Waals surface area contributed by atoms with Crippen LogP contribution in [0.15, 0.2) is 67.0 Å². The van der Waals surface area contributed by atoms with Gasteiger partial charge in [0.15, 0.2) is 6.10 Å². The number of benzene rings is 2. The van der Waals surface area contributed by atoms with Crippen molar-refractivity contribution in [3.63, 3.8) is 0 Å². The van der Waals surface area contributed by atoms with Crippen LogP contribution in [0.2, 0.25) is 0 Å². The summed E-state index contributed by atoms with van der Waals surface area (Å²) in [6, 6.07) is 15.3. The van der Waals surface area contributed by atoms with E-state index in [-0.39, 0.29) is 17.6 Å². The summed E-state index contributed by atoms with van der Waals surface area (Å²) in [5.41, 5.74) is 3.57. The summed E-state index contributed by atoms with van der Waals surface area (Å²) in [5.74, 6) is -0.102. The lowest BCUT2D eigenvalue weighted by Gasteiger charge is -2.37. The van der Waals surface area contributed by atoms with Gasteiger partial charge in [0, 0.05) is 32.4 Å². The summed E-state index contributed by atoms with van der Waals surface area (Å²) in [6.07, 6.45) is 3.91. The van der Waals surface area contributed by atoms with Crippen LogP contribution in [0.5, 0.6) is 5.75 Å². The molecule has 0 radical (unpaired) electrons. The summed E-state index contributed by atoms with van der Waals surface area (Å²) in [7, 11) is 0. The summed E-state index contributed by atoms with van der Waals surface area (Å²) >= 11 is 0. The Morgan fingerprint density at radius 1 is 1.21 bits per heavy atom. The Balaban J connectivity index is 1.57. The maximum absolute atomic E-state index is 14.0. The van der Waals surface area contributed by atoms with Crippen molar-refractivity contribution in [2.24, 2.45) is 0 Å². The van der Waals surface area contributed by atoms with Gasteiger partial charge in [0.05, 0.1) is 6.04 Å². The number of carbonyl (C=O) groups excluding carboxylic acids is 2. The van der Waals surface area contributed by atoms with Crippen LogP contribution in [0.4, 0.5) is 4.39 Å². The third-order valence-corrected chi connectivity index (χ3v) is 6.05. The molecule has 1 aromatic heterocycles. The number of hydrogen-bond acceptors (Lipinski definition) is 4. The number of hydrogen-bond donors (Lipinski definition) is 1. The van der Waals surface area contributed by atoms with Gasteiger partial charge in [-0.1, -0.05) is 31.2 Å². The van der Waals surface area contributed by atoms with Gasteiger partial charge in [-0.05, 0) is 65.4 Å². The van der Waals surface area contributed by atoms with Crippen molar-refractivity contribution >= 4 is 11.8 Å². The molecule has 2 atom stereocenters. The van der Waals surface area contributed by atoms with E-state index in [9.17, 15) is 14.0 Å². The number of aromatic nitrogens is 1. The van der Waals surface area contributed by atoms with E-state index < -0.39 is 12.1 Å². The minimum absolute atomic E-state index is 0.0764. The highest BCUT2D eigenvalue weighted by Gasteiger charge is 2.31. The van der Waals surface area contributed by atoms with Crippen LogP contribution in [0, 0.1) is 5.82 Å². The number of halogens is 1. The zero-order chi connectivity index (χ0) is 24.1. The van der Waals surface area contributed by atoms with Crippen molar-refractivity contribution in [2.75, 3.05) is 6.54 Å². The minimum Gasteiger partial charge on any atom is -0.481 e. The molecule has 2 unspecified atom stereocenters. The Morgan fingerprint density at radius 2 is 2.06 bits per heavy atom. The summed E-state index contributed by atoms with van der Waals surface area (Å²) in [6.45, 7) is 4.33. The quantitative estimate of drug-likeness (QED) is 0.573. The van der Waals surface area contributed by atoms with Crippen LogP contribution in [-0.4, -0.2) is 34.3 Å². The zero-order valence-corrected chi connectivity index (χ0v) is 19.3. The Morgan fingerprint density at radius 3 is 2.76 bits per heavy atom. The van der Waals surface area contributed by atoms with E-state index in [1.54, 1.807) is 23.4 Å². The molecule has 1 N–H and O–H groups in total. The van der Waals surface area contributed by atoms with E-state index in [2.05, 4.69) is 10.3 Å². The molecular weight excluding hydrogens is 433 g/mol. The third kappa shape index (κ3) is 5.25. The maximum atomic E-state index is 14.0. The normalized spacial score (nSPS) is 15.9. The van der Waals surface area contributed by atoms with E-state index >= 15 is 0 Å². The molecule has 3 aromatic rings. The number of fused-ring (bicyclic) bond motifs is 1. The summed E-state index contributed by atoms with van der Waals surface area (Å²) in [5, 5.41) is 2.90. The molecule has 34 heavy (non-hydrogen) atoms. The number of rotatable bonds is 7. The van der Waals surface area contributed by atoms with E-state index in [1.165, 1.54) is 19.1 Å². The van der Waals surface area contributed by atoms with Crippen molar-refractivity contribution in [1.82, 2.24) is 15.2 Å². The summed E-state index contributed by atoms with van der Waals surface area (Å²) < 4.78 is 20.1. The smallest absolute Gasteiger partial charge is 0.261 e. The molecular formula is C27H28FN3O3. The molecule has 0 spiro atoms. The molecule has 6 nitrogen and oxygen atoms in total. The fourth-order valence-corrected chi connectivity index (χ4v) is 4.33. The number of ether oxygens (including phenoxy) is 1. The average molecular weight is 462 g/mol. The van der Waals surface area contributed by atoms with Gasteiger partial charge < -0.3 is 15.0 Å². The number of pyridine rings is 1. The van der Waals surface area contributed by atoms with Crippen LogP contribution in [0.1, 0.15) is 48.6 Å². The van der Waals surface area contributed by atoms with Gasteiger partial charge in [0.1, 0.15) is 11.6 Å². The monoisotopic (exact) mass is 461 g/mol. The fourth-order valence-electron chi connectivity index (χ4n) is 4.33. The molecule has 2 heterocycles. The van der Waals surface area contributed by atoms with Crippen LogP contribution in [0.25, 0.3) is 0 Å². The Hall–Kier alpha value is -3.74. The predicted molar refractivity (Wildman–Crippen MR) is 127 cm³/mol. The number of nitrogens with zero attached hydrogens (tertiary/aromatic N) is 2. The highest BCUT2D eigenvalue weighted by Crippen LogP contribution is 2.37. The van der Waals surface area contributed by atoms with E-state index in [0.29, 0.717) is 37.2 Å². The standard InChI is InChI=1S/C27H28FN3O3/c1-3-25(27(33)30-17-19-6-5-12-29-16-19)34-23-10-9-20-11-13-31(18(2)32)26(24(20)15-23)21-7-4-8-22(28)14-21/h4-10,12,14-16,25-26H,3,11,13,17H2,1-2H3,(H,30,33). The van der Waals surface area contributed by atoms with Crippen LogP contribution < -0.4 is 10.1 Å². The van der Waals surface area contributed by atoms with Gasteiger partial charge in [-0.15, -0.1) is 0 Å². The molecule has 0 fully saturated rings. The van der Waals surface area contributed by atoms with Gasteiger partial charge in [-0.2, -0.15) is 0 Å². The van der Waals surface area contributed by atoms with Crippen molar-refractivity contribution in [3.05, 3.63) is 95.1 Å². The lowest BCUT2D eigenvalue weighted by atomic mass is 9.88. The molecule has 0 aliphatic carbocycles. The van der Waals surface area contributed by atoms with Crippen molar-refractivity contribution in [2.45, 2.75) is 45.4 Å². The van der Waals surface area contributed by atoms with Gasteiger partial charge in [0.25, 0.3) is 5.91 Å². The highest BCUT2D eigenvalue weighted by molar-refractivity contribution is 5.81. The lowest BCUT2D eigenvalue weighted by Crippen LogP contribution is -2.39. The molecule has 176 valence electrons. The van der Waals surface area contributed by atoms with E-state index in [0.717, 1.165) is 16.7 Å².